The van der Waals surface area contributed by atoms with E-state index in [0.29, 0.717) is 0 Å². The molecule has 7 heavy (non-hydrogen) atoms. The van der Waals surface area contributed by atoms with Gasteiger partial charge in [-0.2, -0.15) is 0 Å². The zero-order chi connectivity index (χ0) is 5.70. The molecular formula is C5H6NO. The summed E-state index contributed by atoms with van der Waals surface area (Å²) in [5.41, 5.74) is 0. The zero-order valence-corrected chi connectivity index (χ0v) is 4.06. The molecule has 0 rings (SSSR count). The van der Waals surface area contributed by atoms with E-state index in [2.05, 4.69) is 11.2 Å². The molecule has 2 nitrogen and oxygen atoms in total. The van der Waals surface area contributed by atoms with E-state index in [1.807, 2.05) is 0 Å². The van der Waals surface area contributed by atoms with Crippen molar-refractivity contribution >= 4 is 5.91 Å². The first-order valence-corrected chi connectivity index (χ1v) is 1.82. The third-order valence-electron chi connectivity index (χ3n) is 0.359. The Morgan fingerprint density at radius 3 is 2.71 bits per heavy atom. The number of rotatable bonds is 1. The second-order valence-corrected chi connectivity index (χ2v) is 1.01. The van der Waals surface area contributed by atoms with Crippen molar-refractivity contribution in [2.24, 2.45) is 0 Å². The van der Waals surface area contributed by atoms with Crippen LogP contribution in [-0.2, 0) is 4.79 Å². The summed E-state index contributed by atoms with van der Waals surface area (Å²) >= 11 is 0. The molecule has 0 heterocycles. The average Bonchev–Trinajstić information content (AvgIpc) is 1.61. The molecule has 0 aliphatic heterocycles. The topological polar surface area (TPSA) is 29.1 Å². The number of hydrogen-bond acceptors (Lipinski definition) is 1. The summed E-state index contributed by atoms with van der Waals surface area (Å²) in [4.78, 5) is 9.96. The number of terminal acetylenes is 1. The van der Waals surface area contributed by atoms with Crippen molar-refractivity contribution in [3.05, 3.63) is 6.54 Å². The summed E-state index contributed by atoms with van der Waals surface area (Å²) in [7, 11) is 0. The molecule has 0 saturated heterocycles. The van der Waals surface area contributed by atoms with Gasteiger partial charge in [0.05, 0.1) is 0 Å². The van der Waals surface area contributed by atoms with Gasteiger partial charge in [-0.1, -0.05) is 5.92 Å². The second kappa shape index (κ2) is 3.23. The lowest BCUT2D eigenvalue weighted by molar-refractivity contribution is -0.118. The van der Waals surface area contributed by atoms with Crippen LogP contribution < -0.4 is 5.32 Å². The van der Waals surface area contributed by atoms with Gasteiger partial charge in [0.15, 0.2) is 0 Å². The Bertz CT molecular complexity index is 101. The minimum Gasteiger partial charge on any atom is -0.340 e. The third-order valence-corrected chi connectivity index (χ3v) is 0.359. The predicted octanol–water partition coefficient (Wildman–Crippen LogP) is -0.0825. The van der Waals surface area contributed by atoms with Crippen molar-refractivity contribution in [3.8, 4) is 12.3 Å². The van der Waals surface area contributed by atoms with Gasteiger partial charge in [-0.15, -0.1) is 6.42 Å². The minimum absolute atomic E-state index is 0.141. The fraction of sp³-hybridized carbons (Fsp3) is 0.200. The highest BCUT2D eigenvalue weighted by Crippen LogP contribution is 1.61. The summed E-state index contributed by atoms with van der Waals surface area (Å²) in [5, 5.41) is 2.30. The summed E-state index contributed by atoms with van der Waals surface area (Å²) in [6.45, 7) is 2.65. The number of hydrogen-bond donors (Lipinski definition) is 1. The smallest absolute Gasteiger partial charge is 0.217 e. The Kier molecular flexibility index (Phi) is 2.78. The molecule has 0 aromatic heterocycles. The van der Waals surface area contributed by atoms with Gasteiger partial charge in [0.2, 0.25) is 5.91 Å². The predicted molar refractivity (Wildman–Crippen MR) is 26.9 cm³/mol. The van der Waals surface area contributed by atoms with Crippen LogP contribution in [0.15, 0.2) is 0 Å². The quantitative estimate of drug-likeness (QED) is 0.454. The Hall–Kier alpha value is -0.970. The number of carbonyl (C=O) groups excluding carboxylic acids is 1. The molecule has 37 valence electrons. The summed E-state index contributed by atoms with van der Waals surface area (Å²) in [6.07, 6.45) is 4.76. The maximum atomic E-state index is 9.96. The number of carbonyl (C=O) groups is 1. The van der Waals surface area contributed by atoms with Crippen LogP contribution in [-0.4, -0.2) is 5.91 Å². The first kappa shape index (κ1) is 6.03. The van der Waals surface area contributed by atoms with Gasteiger partial charge in [0.1, 0.15) is 6.54 Å². The van der Waals surface area contributed by atoms with Crippen LogP contribution in [0.25, 0.3) is 0 Å². The fourth-order valence-electron chi connectivity index (χ4n) is 0.143. The van der Waals surface area contributed by atoms with E-state index in [4.69, 9.17) is 6.42 Å². The van der Waals surface area contributed by atoms with Gasteiger partial charge >= 0.3 is 0 Å². The second-order valence-electron chi connectivity index (χ2n) is 1.01. The Morgan fingerprint density at radius 2 is 2.57 bits per heavy atom. The molecule has 0 aliphatic rings. The van der Waals surface area contributed by atoms with Crippen molar-refractivity contribution in [1.82, 2.24) is 5.32 Å². The van der Waals surface area contributed by atoms with Gasteiger partial charge in [-0.05, 0) is 0 Å². The maximum absolute atomic E-state index is 9.96. The van der Waals surface area contributed by atoms with Crippen LogP contribution in [0.5, 0.6) is 0 Å². The van der Waals surface area contributed by atoms with Gasteiger partial charge in [0, 0.05) is 6.92 Å². The molecule has 0 saturated carbocycles. The highest BCUT2D eigenvalue weighted by molar-refractivity contribution is 5.73. The summed E-state index contributed by atoms with van der Waals surface area (Å²) in [5.74, 6) is 2.00. The first-order valence-electron chi connectivity index (χ1n) is 1.82. The van der Waals surface area contributed by atoms with E-state index in [-0.39, 0.29) is 5.91 Å². The van der Waals surface area contributed by atoms with Crippen molar-refractivity contribution in [2.75, 3.05) is 0 Å². The van der Waals surface area contributed by atoms with Crippen LogP contribution in [0.2, 0.25) is 0 Å². The van der Waals surface area contributed by atoms with E-state index in [9.17, 15) is 4.79 Å². The monoisotopic (exact) mass is 96.0 g/mol. The first-order chi connectivity index (χ1) is 3.27. The summed E-state index contributed by atoms with van der Waals surface area (Å²) < 4.78 is 0. The number of nitrogens with one attached hydrogen (secondary N) is 1. The third kappa shape index (κ3) is 5.03. The highest BCUT2D eigenvalue weighted by Gasteiger charge is 1.82. The molecule has 0 bridgehead atoms. The Labute approximate surface area is 42.9 Å². The van der Waals surface area contributed by atoms with Crippen LogP contribution in [0.4, 0.5) is 0 Å². The lowest BCUT2D eigenvalue weighted by Gasteiger charge is -1.87. The maximum Gasteiger partial charge on any atom is 0.217 e. The molecule has 0 fully saturated rings. The SMILES string of the molecule is C#C[CH]NC(C)=O. The van der Waals surface area contributed by atoms with Crippen molar-refractivity contribution in [2.45, 2.75) is 6.92 Å². The normalized spacial score (nSPS) is 6.86. The average molecular weight is 96.1 g/mol. The van der Waals surface area contributed by atoms with Gasteiger partial charge < -0.3 is 5.32 Å². The van der Waals surface area contributed by atoms with Crippen LogP contribution >= 0.6 is 0 Å². The molecule has 0 spiro atoms. The molecule has 0 unspecified atom stereocenters. The van der Waals surface area contributed by atoms with E-state index in [0.717, 1.165) is 0 Å². The number of amides is 1. The molecule has 2 heteroatoms. The van der Waals surface area contributed by atoms with Crippen molar-refractivity contribution in [1.29, 1.82) is 0 Å². The van der Waals surface area contributed by atoms with Crippen LogP contribution in [0, 0.1) is 18.9 Å². The van der Waals surface area contributed by atoms with Crippen molar-refractivity contribution in [3.63, 3.8) is 0 Å². The van der Waals surface area contributed by atoms with Crippen LogP contribution in [0.3, 0.4) is 0 Å². The van der Waals surface area contributed by atoms with Gasteiger partial charge in [-0.25, -0.2) is 0 Å². The van der Waals surface area contributed by atoms with Crippen LogP contribution in [0.1, 0.15) is 6.92 Å². The summed E-state index contributed by atoms with van der Waals surface area (Å²) in [6, 6.07) is 0. The molecule has 1 amide bonds. The molecule has 0 aliphatic carbocycles. The van der Waals surface area contributed by atoms with Gasteiger partial charge in [0.25, 0.3) is 0 Å². The molecule has 1 N–H and O–H groups in total. The lowest BCUT2D eigenvalue weighted by Crippen LogP contribution is -2.14. The minimum atomic E-state index is -0.141. The highest BCUT2D eigenvalue weighted by atomic mass is 16.1. The molecule has 0 aromatic rings. The molecular weight excluding hydrogens is 90.1 g/mol. The lowest BCUT2D eigenvalue weighted by atomic mass is 10.6. The zero-order valence-electron chi connectivity index (χ0n) is 4.06. The van der Waals surface area contributed by atoms with E-state index in [1.165, 1.54) is 13.5 Å². The largest absolute Gasteiger partial charge is 0.340 e. The fourth-order valence-corrected chi connectivity index (χ4v) is 0.143. The molecule has 1 radical (unpaired) electrons. The standard InChI is InChI=1S/C5H6NO/c1-3-4-6-5(2)7/h1,4H,2H3,(H,6,7). The molecule has 0 atom stereocenters. The van der Waals surface area contributed by atoms with E-state index >= 15 is 0 Å². The van der Waals surface area contributed by atoms with E-state index in [1.54, 1.807) is 0 Å². The Morgan fingerprint density at radius 1 is 2.00 bits per heavy atom. The van der Waals surface area contributed by atoms with Gasteiger partial charge in [-0.3, -0.25) is 4.79 Å². The Balaban J connectivity index is 3.02. The van der Waals surface area contributed by atoms with E-state index < -0.39 is 0 Å². The van der Waals surface area contributed by atoms with Crippen molar-refractivity contribution < 1.29 is 4.79 Å². The molecule has 0 aromatic carbocycles.